The zero-order valence-corrected chi connectivity index (χ0v) is 23.7. The summed E-state index contributed by atoms with van der Waals surface area (Å²) in [5.74, 6) is 0.0636. The van der Waals surface area contributed by atoms with Gasteiger partial charge in [0, 0.05) is 10.0 Å². The standard InChI is InChI=1S/C27H22BrIN2O6/c1-3-36-19-10-8-18(9-11-19)31-26(33)20(25(32)30-27(31)34)12-16-13-22(29)24(23(14-16)35-2)37-15-17-6-4-5-7-21(17)28/h4-14H,3,15H2,1-2H3,(H,30,32,34)/b20-12+. The van der Waals surface area contributed by atoms with E-state index in [2.05, 4.69) is 43.8 Å². The monoisotopic (exact) mass is 676 g/mol. The Morgan fingerprint density at radius 3 is 2.43 bits per heavy atom. The summed E-state index contributed by atoms with van der Waals surface area (Å²) in [6.45, 7) is 2.66. The molecule has 0 bridgehead atoms. The fraction of sp³-hybridized carbons (Fsp3) is 0.148. The molecule has 0 aliphatic carbocycles. The summed E-state index contributed by atoms with van der Waals surface area (Å²) in [6, 6.07) is 16.8. The third-order valence-electron chi connectivity index (χ3n) is 5.40. The molecule has 3 aromatic carbocycles. The van der Waals surface area contributed by atoms with Crippen LogP contribution in [0, 0.1) is 3.57 Å². The number of hydrogen-bond acceptors (Lipinski definition) is 6. The van der Waals surface area contributed by atoms with Crippen molar-refractivity contribution in [1.29, 1.82) is 0 Å². The summed E-state index contributed by atoms with van der Waals surface area (Å²) < 4.78 is 18.6. The van der Waals surface area contributed by atoms with E-state index < -0.39 is 17.8 Å². The van der Waals surface area contributed by atoms with Gasteiger partial charge in [0.25, 0.3) is 11.8 Å². The molecule has 1 aliphatic rings. The van der Waals surface area contributed by atoms with Crippen molar-refractivity contribution < 1.29 is 28.6 Å². The molecule has 8 nitrogen and oxygen atoms in total. The van der Waals surface area contributed by atoms with Crippen molar-refractivity contribution in [3.8, 4) is 17.2 Å². The molecule has 190 valence electrons. The molecule has 1 heterocycles. The van der Waals surface area contributed by atoms with Crippen LogP contribution in [-0.2, 0) is 16.2 Å². The third-order valence-corrected chi connectivity index (χ3v) is 6.98. The number of amides is 4. The second-order valence-corrected chi connectivity index (χ2v) is 9.82. The molecule has 1 N–H and O–H groups in total. The van der Waals surface area contributed by atoms with E-state index in [4.69, 9.17) is 14.2 Å². The Morgan fingerprint density at radius 2 is 1.76 bits per heavy atom. The van der Waals surface area contributed by atoms with Crippen LogP contribution < -0.4 is 24.4 Å². The zero-order chi connectivity index (χ0) is 26.5. The molecule has 4 amide bonds. The van der Waals surface area contributed by atoms with Crippen molar-refractivity contribution in [2.45, 2.75) is 13.5 Å². The summed E-state index contributed by atoms with van der Waals surface area (Å²) in [7, 11) is 1.51. The minimum atomic E-state index is -0.820. The number of imide groups is 2. The molecule has 0 aromatic heterocycles. The number of anilines is 1. The number of barbiturate groups is 1. The minimum Gasteiger partial charge on any atom is -0.494 e. The van der Waals surface area contributed by atoms with Crippen LogP contribution in [0.1, 0.15) is 18.1 Å². The molecule has 4 rings (SSSR count). The Morgan fingerprint density at radius 1 is 1.03 bits per heavy atom. The van der Waals surface area contributed by atoms with Gasteiger partial charge in [0.1, 0.15) is 17.9 Å². The predicted molar refractivity (Wildman–Crippen MR) is 151 cm³/mol. The maximum atomic E-state index is 13.2. The first kappa shape index (κ1) is 26.7. The topological polar surface area (TPSA) is 94.2 Å². The van der Waals surface area contributed by atoms with Crippen LogP contribution in [0.4, 0.5) is 10.5 Å². The van der Waals surface area contributed by atoms with Gasteiger partial charge < -0.3 is 14.2 Å². The summed E-state index contributed by atoms with van der Waals surface area (Å²) in [5, 5.41) is 2.23. The number of nitrogens with zero attached hydrogens (tertiary/aromatic N) is 1. The van der Waals surface area contributed by atoms with E-state index in [1.807, 2.05) is 31.2 Å². The lowest BCUT2D eigenvalue weighted by Gasteiger charge is -2.26. The smallest absolute Gasteiger partial charge is 0.335 e. The van der Waals surface area contributed by atoms with Gasteiger partial charge in [0.15, 0.2) is 11.5 Å². The number of benzene rings is 3. The fourth-order valence-corrected chi connectivity index (χ4v) is 4.83. The quantitative estimate of drug-likeness (QED) is 0.187. The van der Waals surface area contributed by atoms with E-state index in [-0.39, 0.29) is 5.57 Å². The molecule has 0 spiro atoms. The highest BCUT2D eigenvalue weighted by molar-refractivity contribution is 14.1. The largest absolute Gasteiger partial charge is 0.494 e. The molecule has 10 heteroatoms. The minimum absolute atomic E-state index is 0.187. The van der Waals surface area contributed by atoms with Crippen LogP contribution in [0.5, 0.6) is 17.2 Å². The van der Waals surface area contributed by atoms with Gasteiger partial charge in [0.05, 0.1) is 23.0 Å². The van der Waals surface area contributed by atoms with Crippen molar-refractivity contribution in [3.05, 3.63) is 85.4 Å². The number of urea groups is 1. The first-order valence-electron chi connectivity index (χ1n) is 11.2. The van der Waals surface area contributed by atoms with E-state index in [0.717, 1.165) is 18.5 Å². The molecular formula is C27H22BrIN2O6. The lowest BCUT2D eigenvalue weighted by molar-refractivity contribution is -0.122. The predicted octanol–water partition coefficient (Wildman–Crippen LogP) is 5.71. The molecular weight excluding hydrogens is 655 g/mol. The third kappa shape index (κ3) is 5.96. The van der Waals surface area contributed by atoms with Gasteiger partial charge in [0.2, 0.25) is 0 Å². The van der Waals surface area contributed by atoms with Gasteiger partial charge in [-0.05, 0) is 83.6 Å². The Balaban J connectivity index is 1.62. The number of rotatable bonds is 8. The van der Waals surface area contributed by atoms with Crippen molar-refractivity contribution >= 4 is 68.1 Å². The molecule has 0 unspecified atom stereocenters. The Kier molecular flexibility index (Phi) is 8.49. The van der Waals surface area contributed by atoms with Gasteiger partial charge in [-0.15, -0.1) is 0 Å². The number of methoxy groups -OCH3 is 1. The Hall–Kier alpha value is -3.38. The van der Waals surface area contributed by atoms with Gasteiger partial charge in [-0.1, -0.05) is 34.1 Å². The van der Waals surface area contributed by atoms with Crippen molar-refractivity contribution in [2.24, 2.45) is 0 Å². The summed E-state index contributed by atoms with van der Waals surface area (Å²) in [4.78, 5) is 39.3. The average molecular weight is 677 g/mol. The molecule has 0 radical (unpaired) electrons. The maximum Gasteiger partial charge on any atom is 0.335 e. The second kappa shape index (κ2) is 11.8. The molecule has 1 aliphatic heterocycles. The number of carbonyl (C=O) groups is 3. The molecule has 37 heavy (non-hydrogen) atoms. The Bertz CT molecular complexity index is 1390. The fourth-order valence-electron chi connectivity index (χ4n) is 3.65. The number of carbonyl (C=O) groups excluding carboxylic acids is 3. The number of hydrogen-bond donors (Lipinski definition) is 1. The summed E-state index contributed by atoms with van der Waals surface area (Å²) in [6.07, 6.45) is 1.42. The van der Waals surface area contributed by atoms with Crippen molar-refractivity contribution in [3.63, 3.8) is 0 Å². The number of halogens is 2. The second-order valence-electron chi connectivity index (χ2n) is 7.80. The van der Waals surface area contributed by atoms with Crippen LogP contribution in [0.3, 0.4) is 0 Å². The van der Waals surface area contributed by atoms with Crippen LogP contribution >= 0.6 is 38.5 Å². The van der Waals surface area contributed by atoms with Crippen LogP contribution in [0.2, 0.25) is 0 Å². The molecule has 3 aromatic rings. The highest BCUT2D eigenvalue weighted by Crippen LogP contribution is 2.36. The maximum absolute atomic E-state index is 13.2. The van der Waals surface area contributed by atoms with Crippen LogP contribution in [-0.4, -0.2) is 31.6 Å². The van der Waals surface area contributed by atoms with E-state index >= 15 is 0 Å². The zero-order valence-electron chi connectivity index (χ0n) is 19.9. The van der Waals surface area contributed by atoms with Crippen molar-refractivity contribution in [2.75, 3.05) is 18.6 Å². The van der Waals surface area contributed by atoms with Crippen molar-refractivity contribution in [1.82, 2.24) is 5.32 Å². The highest BCUT2D eigenvalue weighted by atomic mass is 127. The van der Waals surface area contributed by atoms with E-state index in [1.165, 1.54) is 13.2 Å². The van der Waals surface area contributed by atoms with E-state index in [1.54, 1.807) is 36.4 Å². The van der Waals surface area contributed by atoms with Gasteiger partial charge in [-0.25, -0.2) is 9.69 Å². The first-order valence-corrected chi connectivity index (χ1v) is 13.1. The van der Waals surface area contributed by atoms with E-state index in [0.29, 0.717) is 41.7 Å². The SMILES string of the molecule is CCOc1ccc(N2C(=O)NC(=O)/C(=C\c3cc(I)c(OCc4ccccc4Br)c(OC)c3)C2=O)cc1. The molecule has 1 fully saturated rings. The number of nitrogens with one attached hydrogen (secondary N) is 1. The first-order chi connectivity index (χ1) is 17.8. The van der Waals surface area contributed by atoms with Gasteiger partial charge in [-0.3, -0.25) is 14.9 Å². The summed E-state index contributed by atoms with van der Waals surface area (Å²) >= 11 is 5.62. The van der Waals surface area contributed by atoms with Gasteiger partial charge in [-0.2, -0.15) is 0 Å². The lowest BCUT2D eigenvalue weighted by Crippen LogP contribution is -2.54. The Labute approximate surface area is 235 Å². The highest BCUT2D eigenvalue weighted by Gasteiger charge is 2.37. The molecule has 1 saturated heterocycles. The summed E-state index contributed by atoms with van der Waals surface area (Å²) in [5.41, 5.74) is 1.63. The van der Waals surface area contributed by atoms with Crippen LogP contribution in [0.25, 0.3) is 6.08 Å². The average Bonchev–Trinajstić information content (AvgIpc) is 2.87. The van der Waals surface area contributed by atoms with Gasteiger partial charge >= 0.3 is 6.03 Å². The lowest BCUT2D eigenvalue weighted by atomic mass is 10.1. The van der Waals surface area contributed by atoms with E-state index in [9.17, 15) is 14.4 Å². The normalized spacial score (nSPS) is 14.5. The van der Waals surface area contributed by atoms with Crippen LogP contribution in [0.15, 0.2) is 70.7 Å². The molecule has 0 saturated carbocycles. The molecule has 0 atom stereocenters. The number of ether oxygens (including phenoxy) is 3.